The van der Waals surface area contributed by atoms with E-state index in [0.717, 1.165) is 11.8 Å². The van der Waals surface area contributed by atoms with E-state index in [0.29, 0.717) is 17.1 Å². The number of carbonyl (C=O) groups is 1. The SMILES string of the molecule is C[C@@H](NC(=O)c1cnn2cccnc12)[C@@H]1C[C@H]2CC[C@H]1C2. The van der Waals surface area contributed by atoms with Gasteiger partial charge in [0.1, 0.15) is 5.56 Å². The zero-order valence-corrected chi connectivity index (χ0v) is 12.2. The van der Waals surface area contributed by atoms with Gasteiger partial charge in [0.05, 0.1) is 6.20 Å². The van der Waals surface area contributed by atoms with E-state index < -0.39 is 0 Å². The minimum atomic E-state index is -0.0565. The van der Waals surface area contributed by atoms with Crippen molar-refractivity contribution >= 4 is 11.6 Å². The number of nitrogens with zero attached hydrogens (tertiary/aromatic N) is 3. The number of rotatable bonds is 3. The summed E-state index contributed by atoms with van der Waals surface area (Å²) in [5.41, 5.74) is 1.18. The van der Waals surface area contributed by atoms with E-state index in [1.165, 1.54) is 25.7 Å². The summed E-state index contributed by atoms with van der Waals surface area (Å²) in [6, 6.07) is 2.03. The Morgan fingerprint density at radius 3 is 3.10 bits per heavy atom. The summed E-state index contributed by atoms with van der Waals surface area (Å²) in [4.78, 5) is 16.7. The molecule has 4 atom stereocenters. The van der Waals surface area contributed by atoms with E-state index in [1.807, 2.05) is 0 Å². The summed E-state index contributed by atoms with van der Waals surface area (Å²) in [7, 11) is 0. The average molecular weight is 284 g/mol. The quantitative estimate of drug-likeness (QED) is 0.940. The highest BCUT2D eigenvalue weighted by molar-refractivity contribution is 5.99. The molecule has 5 nitrogen and oxygen atoms in total. The molecular weight excluding hydrogens is 264 g/mol. The summed E-state index contributed by atoms with van der Waals surface area (Å²) < 4.78 is 1.64. The Labute approximate surface area is 123 Å². The van der Waals surface area contributed by atoms with Gasteiger partial charge in [0, 0.05) is 18.4 Å². The van der Waals surface area contributed by atoms with Gasteiger partial charge in [0.25, 0.3) is 5.91 Å². The lowest BCUT2D eigenvalue weighted by Gasteiger charge is -2.28. The normalized spacial score (nSPS) is 28.9. The standard InChI is InChI=1S/C16H20N4O/c1-10(13-8-11-3-4-12(13)7-11)19-16(21)14-9-18-20-6-2-5-17-15(14)20/h2,5-6,9-13H,3-4,7-8H2,1H3,(H,19,21)/t10-,11+,12+,13+/m1/s1. The second-order valence-corrected chi connectivity index (χ2v) is 6.55. The Balaban J connectivity index is 1.50. The lowest BCUT2D eigenvalue weighted by Crippen LogP contribution is -2.40. The van der Waals surface area contributed by atoms with Gasteiger partial charge in [0.15, 0.2) is 5.65 Å². The van der Waals surface area contributed by atoms with Gasteiger partial charge in [-0.25, -0.2) is 9.50 Å². The molecule has 2 saturated carbocycles. The second-order valence-electron chi connectivity index (χ2n) is 6.55. The van der Waals surface area contributed by atoms with Gasteiger partial charge >= 0.3 is 0 Å². The van der Waals surface area contributed by atoms with Gasteiger partial charge in [0.2, 0.25) is 0 Å². The van der Waals surface area contributed by atoms with Crippen LogP contribution >= 0.6 is 0 Å². The van der Waals surface area contributed by atoms with Gasteiger partial charge in [-0.15, -0.1) is 0 Å². The maximum atomic E-state index is 12.5. The van der Waals surface area contributed by atoms with Gasteiger partial charge in [-0.1, -0.05) is 6.42 Å². The van der Waals surface area contributed by atoms with Crippen LogP contribution in [-0.4, -0.2) is 26.5 Å². The first-order chi connectivity index (χ1) is 10.2. The smallest absolute Gasteiger partial charge is 0.256 e. The molecule has 0 saturated heterocycles. The number of aromatic nitrogens is 3. The summed E-state index contributed by atoms with van der Waals surface area (Å²) >= 11 is 0. The number of amides is 1. The third-order valence-corrected chi connectivity index (χ3v) is 5.32. The average Bonchev–Trinajstić information content (AvgIpc) is 3.21. The largest absolute Gasteiger partial charge is 0.349 e. The highest BCUT2D eigenvalue weighted by Gasteiger charge is 2.42. The summed E-state index contributed by atoms with van der Waals surface area (Å²) in [6.45, 7) is 2.14. The van der Waals surface area contributed by atoms with Crippen molar-refractivity contribution in [3.63, 3.8) is 0 Å². The highest BCUT2D eigenvalue weighted by Crippen LogP contribution is 2.49. The van der Waals surface area contributed by atoms with Crippen LogP contribution < -0.4 is 5.32 Å². The molecule has 1 amide bonds. The van der Waals surface area contributed by atoms with Crippen LogP contribution in [0.2, 0.25) is 0 Å². The number of hydrogen-bond acceptors (Lipinski definition) is 3. The fourth-order valence-corrected chi connectivity index (χ4v) is 4.29. The van der Waals surface area contributed by atoms with E-state index in [1.54, 1.807) is 29.2 Å². The van der Waals surface area contributed by atoms with E-state index in [-0.39, 0.29) is 11.9 Å². The Kier molecular flexibility index (Phi) is 2.94. The lowest BCUT2D eigenvalue weighted by molar-refractivity contribution is 0.0917. The highest BCUT2D eigenvalue weighted by atomic mass is 16.1. The topological polar surface area (TPSA) is 59.3 Å². The molecule has 0 spiro atoms. The van der Waals surface area contributed by atoms with Crippen molar-refractivity contribution in [2.75, 3.05) is 0 Å². The van der Waals surface area contributed by atoms with Crippen LogP contribution in [0.3, 0.4) is 0 Å². The van der Waals surface area contributed by atoms with Gasteiger partial charge < -0.3 is 5.32 Å². The van der Waals surface area contributed by atoms with E-state index in [9.17, 15) is 4.79 Å². The molecule has 4 rings (SSSR count). The number of fused-ring (bicyclic) bond motifs is 3. The molecule has 0 aliphatic heterocycles. The molecule has 0 aromatic carbocycles. The predicted octanol–water partition coefficient (Wildman–Crippen LogP) is 2.28. The van der Waals surface area contributed by atoms with Crippen LogP contribution in [0.1, 0.15) is 43.0 Å². The van der Waals surface area contributed by atoms with E-state index >= 15 is 0 Å². The molecule has 0 radical (unpaired) electrons. The Morgan fingerprint density at radius 2 is 2.33 bits per heavy atom. The molecule has 2 heterocycles. The van der Waals surface area contributed by atoms with Crippen molar-refractivity contribution in [1.29, 1.82) is 0 Å². The van der Waals surface area contributed by atoms with Crippen LogP contribution in [0.5, 0.6) is 0 Å². The first-order valence-electron chi connectivity index (χ1n) is 7.81. The fraction of sp³-hybridized carbons (Fsp3) is 0.562. The third-order valence-electron chi connectivity index (χ3n) is 5.32. The summed E-state index contributed by atoms with van der Waals surface area (Å²) in [5.74, 6) is 2.30. The molecule has 2 aromatic rings. The molecule has 2 bridgehead atoms. The number of carbonyl (C=O) groups excluding carboxylic acids is 1. The molecule has 110 valence electrons. The van der Waals surface area contributed by atoms with Crippen molar-refractivity contribution in [2.24, 2.45) is 17.8 Å². The molecule has 2 aliphatic rings. The Hall–Kier alpha value is -1.91. The van der Waals surface area contributed by atoms with Crippen molar-refractivity contribution in [2.45, 2.75) is 38.6 Å². The van der Waals surface area contributed by atoms with Crippen molar-refractivity contribution in [1.82, 2.24) is 19.9 Å². The molecule has 2 aliphatic carbocycles. The lowest BCUT2D eigenvalue weighted by atomic mass is 9.84. The molecule has 5 heteroatoms. The van der Waals surface area contributed by atoms with Gasteiger partial charge in [-0.05, 0) is 50.0 Å². The van der Waals surface area contributed by atoms with Crippen molar-refractivity contribution < 1.29 is 4.79 Å². The number of hydrogen-bond donors (Lipinski definition) is 1. The fourth-order valence-electron chi connectivity index (χ4n) is 4.29. The molecule has 2 aromatic heterocycles. The van der Waals surface area contributed by atoms with Crippen LogP contribution in [0.25, 0.3) is 5.65 Å². The van der Waals surface area contributed by atoms with Crippen LogP contribution in [0.4, 0.5) is 0 Å². The maximum absolute atomic E-state index is 12.5. The van der Waals surface area contributed by atoms with Crippen LogP contribution in [0.15, 0.2) is 24.7 Å². The zero-order chi connectivity index (χ0) is 14.4. The van der Waals surface area contributed by atoms with Crippen LogP contribution in [0, 0.1) is 17.8 Å². The first kappa shape index (κ1) is 12.8. The molecule has 21 heavy (non-hydrogen) atoms. The second kappa shape index (κ2) is 4.83. The minimum Gasteiger partial charge on any atom is -0.349 e. The van der Waals surface area contributed by atoms with Crippen molar-refractivity contribution in [3.8, 4) is 0 Å². The molecule has 0 unspecified atom stereocenters. The maximum Gasteiger partial charge on any atom is 0.256 e. The molecular formula is C16H20N4O. The summed E-state index contributed by atoms with van der Waals surface area (Å²) in [5, 5.41) is 7.35. The predicted molar refractivity (Wildman–Crippen MR) is 78.9 cm³/mol. The van der Waals surface area contributed by atoms with Gasteiger partial charge in [-0.3, -0.25) is 4.79 Å². The third kappa shape index (κ3) is 2.11. The number of nitrogens with one attached hydrogen (secondary N) is 1. The van der Waals surface area contributed by atoms with Crippen molar-refractivity contribution in [3.05, 3.63) is 30.2 Å². The Morgan fingerprint density at radius 1 is 1.43 bits per heavy atom. The molecule has 1 N–H and O–H groups in total. The monoisotopic (exact) mass is 284 g/mol. The summed E-state index contributed by atoms with van der Waals surface area (Å²) in [6.07, 6.45) is 10.5. The first-order valence-corrected chi connectivity index (χ1v) is 7.81. The minimum absolute atomic E-state index is 0.0565. The Bertz CT molecular complexity index is 680. The van der Waals surface area contributed by atoms with E-state index in [2.05, 4.69) is 22.3 Å². The van der Waals surface area contributed by atoms with E-state index in [4.69, 9.17) is 0 Å². The zero-order valence-electron chi connectivity index (χ0n) is 12.2. The van der Waals surface area contributed by atoms with Gasteiger partial charge in [-0.2, -0.15) is 5.10 Å². The van der Waals surface area contributed by atoms with Crippen LogP contribution in [-0.2, 0) is 0 Å². The molecule has 2 fully saturated rings.